The lowest BCUT2D eigenvalue weighted by atomic mass is 10.1. The zero-order chi connectivity index (χ0) is 13.2. The Morgan fingerprint density at radius 3 is 1.69 bits per heavy atom. The van der Waals surface area contributed by atoms with E-state index in [-0.39, 0.29) is 0 Å². The van der Waals surface area contributed by atoms with Gasteiger partial charge in [0.25, 0.3) is 0 Å². The monoisotopic (exact) mass is 254 g/mol. The Balaban J connectivity index is 5.27. The van der Waals surface area contributed by atoms with Crippen LogP contribution in [0.15, 0.2) is 12.7 Å². The van der Waals surface area contributed by atoms with Crippen molar-refractivity contribution < 1.29 is 40.3 Å². The summed E-state index contributed by atoms with van der Waals surface area (Å²) in [5.74, 6) is -3.06. The number of hydrogen-bond acceptors (Lipinski definition) is 2. The lowest BCUT2D eigenvalue weighted by Gasteiger charge is -2.27. The molecule has 0 aromatic heterocycles. The first-order chi connectivity index (χ1) is 6.98. The highest BCUT2D eigenvalue weighted by atomic mass is 19.4. The molecule has 0 amide bonds. The topological polar surface area (TPSA) is 26.3 Å². The van der Waals surface area contributed by atoms with Crippen LogP contribution in [0.1, 0.15) is 0 Å². The van der Waals surface area contributed by atoms with Crippen LogP contribution in [-0.2, 0) is 9.53 Å². The maximum absolute atomic E-state index is 12.8. The second-order valence-electron chi connectivity index (χ2n) is 2.54. The van der Waals surface area contributed by atoms with Gasteiger partial charge in [-0.25, -0.2) is 9.18 Å². The van der Waals surface area contributed by atoms with E-state index >= 15 is 0 Å². The minimum Gasteiger partial charge on any atom is -0.459 e. The van der Waals surface area contributed by atoms with Crippen LogP contribution in [0.4, 0.5) is 30.7 Å². The molecule has 0 aliphatic heterocycles. The molecule has 9 heteroatoms. The summed E-state index contributed by atoms with van der Waals surface area (Å²) >= 11 is 0. The van der Waals surface area contributed by atoms with Crippen LogP contribution in [0.5, 0.6) is 0 Å². The first kappa shape index (κ1) is 14.7. The molecule has 0 saturated carbocycles. The Labute approximate surface area is 84.7 Å². The molecule has 94 valence electrons. The SMILES string of the molecule is C=CCOC(=O)C(F)(C(F)(F)F)C(F)(F)F. The lowest BCUT2D eigenvalue weighted by Crippen LogP contribution is -2.59. The Bertz CT molecular complexity index is 263. The second-order valence-corrected chi connectivity index (χ2v) is 2.54. The molecule has 0 heterocycles. The molecule has 0 radical (unpaired) electrons. The average Bonchev–Trinajstić information content (AvgIpc) is 2.08. The van der Waals surface area contributed by atoms with Gasteiger partial charge in [0.1, 0.15) is 6.61 Å². The van der Waals surface area contributed by atoms with Gasteiger partial charge >= 0.3 is 24.0 Å². The molecular weight excluding hydrogens is 249 g/mol. The minimum atomic E-state index is -6.44. The summed E-state index contributed by atoms with van der Waals surface area (Å²) in [6, 6.07) is 0. The second kappa shape index (κ2) is 4.30. The van der Waals surface area contributed by atoms with Crippen molar-refractivity contribution in [2.45, 2.75) is 18.0 Å². The van der Waals surface area contributed by atoms with Crippen LogP contribution >= 0.6 is 0 Å². The van der Waals surface area contributed by atoms with Gasteiger partial charge in [0.2, 0.25) is 0 Å². The standard InChI is InChI=1S/C7H5F7O2/c1-2-3-16-4(15)5(8,6(9,10)11)7(12,13)14/h2H,1,3H2. The number of hydrogen-bond donors (Lipinski definition) is 0. The van der Waals surface area contributed by atoms with E-state index in [1.54, 1.807) is 0 Å². The maximum Gasteiger partial charge on any atom is 0.442 e. The molecule has 0 aliphatic carbocycles. The van der Waals surface area contributed by atoms with E-state index in [1.165, 1.54) is 0 Å². The number of esters is 1. The van der Waals surface area contributed by atoms with Crippen LogP contribution in [0.3, 0.4) is 0 Å². The highest BCUT2D eigenvalue weighted by Crippen LogP contribution is 2.46. The van der Waals surface area contributed by atoms with E-state index < -0.39 is 30.6 Å². The smallest absolute Gasteiger partial charge is 0.442 e. The number of ether oxygens (including phenoxy) is 1. The van der Waals surface area contributed by atoms with Crippen molar-refractivity contribution in [3.8, 4) is 0 Å². The van der Waals surface area contributed by atoms with Gasteiger partial charge in [0.05, 0.1) is 0 Å². The van der Waals surface area contributed by atoms with Crippen molar-refractivity contribution in [2.75, 3.05) is 6.61 Å². The fraction of sp³-hybridized carbons (Fsp3) is 0.571. The summed E-state index contributed by atoms with van der Waals surface area (Å²) in [7, 11) is 0. The van der Waals surface area contributed by atoms with Crippen molar-refractivity contribution in [1.29, 1.82) is 0 Å². The minimum absolute atomic E-state index is 0.699. The summed E-state index contributed by atoms with van der Waals surface area (Å²) in [5.41, 5.74) is -6.02. The Hall–Kier alpha value is -1.28. The maximum atomic E-state index is 12.8. The summed E-state index contributed by atoms with van der Waals surface area (Å²) in [4.78, 5) is 10.4. The molecule has 0 spiro atoms. The molecular formula is C7H5F7O2. The molecule has 0 bridgehead atoms. The number of halogens is 7. The quantitative estimate of drug-likeness (QED) is 0.439. The molecule has 16 heavy (non-hydrogen) atoms. The number of carbonyl (C=O) groups excluding carboxylic acids is 1. The van der Waals surface area contributed by atoms with Gasteiger partial charge in [0.15, 0.2) is 0 Å². The highest BCUT2D eigenvalue weighted by molar-refractivity contribution is 5.81. The van der Waals surface area contributed by atoms with Gasteiger partial charge in [-0.05, 0) is 0 Å². The normalized spacial score (nSPS) is 13.4. The van der Waals surface area contributed by atoms with Gasteiger partial charge < -0.3 is 4.74 Å². The lowest BCUT2D eigenvalue weighted by molar-refractivity contribution is -0.332. The van der Waals surface area contributed by atoms with E-state index in [4.69, 9.17) is 0 Å². The fourth-order valence-electron chi connectivity index (χ4n) is 0.626. The van der Waals surface area contributed by atoms with Crippen LogP contribution in [-0.4, -0.2) is 30.6 Å². The molecule has 0 atom stereocenters. The molecule has 0 aliphatic rings. The third-order valence-electron chi connectivity index (χ3n) is 1.39. The van der Waals surface area contributed by atoms with Crippen molar-refractivity contribution >= 4 is 5.97 Å². The Morgan fingerprint density at radius 2 is 1.44 bits per heavy atom. The highest BCUT2D eigenvalue weighted by Gasteiger charge is 2.78. The van der Waals surface area contributed by atoms with Gasteiger partial charge in [-0.2, -0.15) is 26.3 Å². The summed E-state index contributed by atoms with van der Waals surface area (Å²) in [6.45, 7) is 1.92. The van der Waals surface area contributed by atoms with E-state index in [0.717, 1.165) is 0 Å². The number of carbonyl (C=O) groups is 1. The van der Waals surface area contributed by atoms with Gasteiger partial charge in [0, 0.05) is 0 Å². The average molecular weight is 254 g/mol. The Morgan fingerprint density at radius 1 is 1.06 bits per heavy atom. The van der Waals surface area contributed by atoms with Crippen LogP contribution in [0.25, 0.3) is 0 Å². The van der Waals surface area contributed by atoms with Gasteiger partial charge in [-0.15, -0.1) is 0 Å². The molecule has 0 aromatic carbocycles. The third kappa shape index (κ3) is 2.45. The summed E-state index contributed by atoms with van der Waals surface area (Å²) in [5, 5.41) is 0. The predicted molar refractivity (Wildman–Crippen MR) is 37.1 cm³/mol. The molecule has 0 aromatic rings. The third-order valence-corrected chi connectivity index (χ3v) is 1.39. The molecule has 0 rings (SSSR count). The zero-order valence-corrected chi connectivity index (χ0v) is 7.45. The van der Waals surface area contributed by atoms with Gasteiger partial charge in [-0.1, -0.05) is 12.7 Å². The molecule has 0 saturated heterocycles. The molecule has 2 nitrogen and oxygen atoms in total. The number of alkyl halides is 7. The Kier molecular flexibility index (Phi) is 3.96. The predicted octanol–water partition coefficient (Wildman–Crippen LogP) is 2.55. The molecule has 0 N–H and O–H groups in total. The fourth-order valence-corrected chi connectivity index (χ4v) is 0.626. The number of rotatable bonds is 3. The van der Waals surface area contributed by atoms with Crippen molar-refractivity contribution in [1.82, 2.24) is 0 Å². The zero-order valence-electron chi connectivity index (χ0n) is 7.45. The summed E-state index contributed by atoms with van der Waals surface area (Å²) in [6.07, 6.45) is -12.2. The van der Waals surface area contributed by atoms with Crippen LogP contribution < -0.4 is 0 Å². The largest absolute Gasteiger partial charge is 0.459 e. The van der Waals surface area contributed by atoms with E-state index in [1.807, 2.05) is 0 Å². The molecule has 0 unspecified atom stereocenters. The van der Waals surface area contributed by atoms with Crippen molar-refractivity contribution in [3.05, 3.63) is 12.7 Å². The van der Waals surface area contributed by atoms with Crippen molar-refractivity contribution in [2.24, 2.45) is 0 Å². The van der Waals surface area contributed by atoms with Crippen LogP contribution in [0, 0.1) is 0 Å². The van der Waals surface area contributed by atoms with Gasteiger partial charge in [-0.3, -0.25) is 0 Å². The first-order valence-electron chi connectivity index (χ1n) is 3.59. The van der Waals surface area contributed by atoms with E-state index in [2.05, 4.69) is 11.3 Å². The van der Waals surface area contributed by atoms with E-state index in [0.29, 0.717) is 6.08 Å². The van der Waals surface area contributed by atoms with Crippen molar-refractivity contribution in [3.63, 3.8) is 0 Å². The summed E-state index contributed by atoms with van der Waals surface area (Å²) < 4.78 is 87.3. The van der Waals surface area contributed by atoms with E-state index in [9.17, 15) is 35.5 Å². The molecule has 0 fully saturated rings. The first-order valence-corrected chi connectivity index (χ1v) is 3.59. The van der Waals surface area contributed by atoms with Crippen LogP contribution in [0.2, 0.25) is 0 Å².